The number of nitrogens with zero attached hydrogens (tertiary/aromatic N) is 2. The first-order valence-electron chi connectivity index (χ1n) is 7.39. The highest BCUT2D eigenvalue weighted by atomic mass is 32.1. The van der Waals surface area contributed by atoms with Crippen molar-refractivity contribution < 1.29 is 5.11 Å². The number of aryl methyl sites for hydroxylation is 1. The van der Waals surface area contributed by atoms with Gasteiger partial charge in [-0.15, -0.1) is 10.2 Å². The zero-order valence-corrected chi connectivity index (χ0v) is 13.7. The van der Waals surface area contributed by atoms with Crippen molar-refractivity contribution in [3.63, 3.8) is 0 Å². The Labute approximate surface area is 130 Å². The summed E-state index contributed by atoms with van der Waals surface area (Å²) in [6, 6.07) is 7.74. The summed E-state index contributed by atoms with van der Waals surface area (Å²) in [5, 5.41) is 23.1. The molecule has 1 aromatic carbocycles. The first-order valence-corrected chi connectivity index (χ1v) is 8.21. The lowest BCUT2D eigenvalue weighted by molar-refractivity contribution is 0.475. The highest BCUT2D eigenvalue weighted by molar-refractivity contribution is 7.15. The maximum Gasteiger partial charge on any atom is 0.205 e. The van der Waals surface area contributed by atoms with Crippen molar-refractivity contribution in [2.45, 2.75) is 46.1 Å². The maximum atomic E-state index is 9.27. The van der Waals surface area contributed by atoms with Crippen LogP contribution >= 0.6 is 11.3 Å². The fraction of sp³-hybridized carbons (Fsp3) is 0.500. The molecule has 2 aromatic rings. The van der Waals surface area contributed by atoms with Crippen LogP contribution in [0.15, 0.2) is 24.3 Å². The molecule has 0 fully saturated rings. The highest BCUT2D eigenvalue weighted by Gasteiger charge is 2.09. The molecule has 0 aliphatic carbocycles. The second kappa shape index (κ2) is 7.41. The smallest absolute Gasteiger partial charge is 0.205 e. The number of rotatable bonds is 7. The Morgan fingerprint density at radius 2 is 1.86 bits per heavy atom. The van der Waals surface area contributed by atoms with Crippen LogP contribution in [0.3, 0.4) is 0 Å². The predicted molar refractivity (Wildman–Crippen MR) is 88.0 cm³/mol. The molecule has 0 aliphatic heterocycles. The summed E-state index contributed by atoms with van der Waals surface area (Å²) < 4.78 is 0. The van der Waals surface area contributed by atoms with Gasteiger partial charge in [-0.25, -0.2) is 0 Å². The number of phenolic OH excluding ortho intramolecular Hbond substituents is 1. The number of aromatic hydroxyl groups is 1. The van der Waals surface area contributed by atoms with Crippen LogP contribution in [0.4, 0.5) is 5.13 Å². The number of hydrogen-bond donors (Lipinski definition) is 2. The van der Waals surface area contributed by atoms with Gasteiger partial charge < -0.3 is 10.4 Å². The van der Waals surface area contributed by atoms with Gasteiger partial charge >= 0.3 is 0 Å². The van der Waals surface area contributed by atoms with E-state index in [1.54, 1.807) is 23.5 Å². The molecule has 0 bridgehead atoms. The van der Waals surface area contributed by atoms with Gasteiger partial charge in [0.15, 0.2) is 0 Å². The van der Waals surface area contributed by atoms with Crippen molar-refractivity contribution in [1.29, 1.82) is 0 Å². The van der Waals surface area contributed by atoms with Crippen LogP contribution in [-0.2, 0) is 12.8 Å². The Morgan fingerprint density at radius 1 is 1.14 bits per heavy atom. The van der Waals surface area contributed by atoms with Crippen molar-refractivity contribution in [1.82, 2.24) is 10.2 Å². The summed E-state index contributed by atoms with van der Waals surface area (Å²) in [6.07, 6.45) is 2.98. The standard InChI is InChI=1S/C16H23N3OS/c1-11(2)10-15-18-19-16(21-15)17-12(3)4-5-13-6-8-14(20)9-7-13/h6-9,11-12,20H,4-5,10H2,1-3H3,(H,17,19). The molecule has 0 radical (unpaired) electrons. The zero-order chi connectivity index (χ0) is 15.2. The van der Waals surface area contributed by atoms with Crippen molar-refractivity contribution >= 4 is 16.5 Å². The fourth-order valence-electron chi connectivity index (χ4n) is 2.07. The Kier molecular flexibility index (Phi) is 5.56. The highest BCUT2D eigenvalue weighted by Crippen LogP contribution is 2.20. The average Bonchev–Trinajstić information content (AvgIpc) is 2.84. The quantitative estimate of drug-likeness (QED) is 0.815. The van der Waals surface area contributed by atoms with Crippen LogP contribution in [0.5, 0.6) is 5.75 Å². The molecule has 5 heteroatoms. The predicted octanol–water partition coefficient (Wildman–Crippen LogP) is 3.88. The van der Waals surface area contributed by atoms with Crippen LogP contribution in [0, 0.1) is 5.92 Å². The molecule has 0 saturated heterocycles. The number of benzene rings is 1. The normalized spacial score (nSPS) is 12.6. The van der Waals surface area contributed by atoms with Crippen LogP contribution in [-0.4, -0.2) is 21.3 Å². The molecule has 0 aliphatic rings. The SMILES string of the molecule is CC(C)Cc1nnc(NC(C)CCc2ccc(O)cc2)s1. The molecule has 1 unspecified atom stereocenters. The summed E-state index contributed by atoms with van der Waals surface area (Å²) in [6.45, 7) is 6.54. The van der Waals surface area contributed by atoms with E-state index in [4.69, 9.17) is 0 Å². The minimum Gasteiger partial charge on any atom is -0.508 e. The lowest BCUT2D eigenvalue weighted by atomic mass is 10.1. The second-order valence-electron chi connectivity index (χ2n) is 5.85. The summed E-state index contributed by atoms with van der Waals surface area (Å²) in [7, 11) is 0. The summed E-state index contributed by atoms with van der Waals surface area (Å²) in [4.78, 5) is 0. The van der Waals surface area contributed by atoms with E-state index in [-0.39, 0.29) is 0 Å². The van der Waals surface area contributed by atoms with E-state index < -0.39 is 0 Å². The molecule has 1 aromatic heterocycles. The Balaban J connectivity index is 1.80. The summed E-state index contributed by atoms with van der Waals surface area (Å²) >= 11 is 1.65. The maximum absolute atomic E-state index is 9.27. The Morgan fingerprint density at radius 3 is 2.52 bits per heavy atom. The van der Waals surface area contributed by atoms with E-state index in [9.17, 15) is 5.11 Å². The third-order valence-electron chi connectivity index (χ3n) is 3.22. The molecule has 2 rings (SSSR count). The molecular formula is C16H23N3OS. The average molecular weight is 305 g/mol. The van der Waals surface area contributed by atoms with Crippen LogP contribution in [0.1, 0.15) is 37.8 Å². The number of anilines is 1. The molecule has 21 heavy (non-hydrogen) atoms. The van der Waals surface area contributed by atoms with Crippen molar-refractivity contribution in [3.05, 3.63) is 34.8 Å². The molecule has 1 heterocycles. The van der Waals surface area contributed by atoms with Gasteiger partial charge in [-0.1, -0.05) is 37.3 Å². The lowest BCUT2D eigenvalue weighted by Crippen LogP contribution is -2.15. The zero-order valence-electron chi connectivity index (χ0n) is 12.8. The first-order chi connectivity index (χ1) is 10.0. The molecule has 4 nitrogen and oxygen atoms in total. The van der Waals surface area contributed by atoms with E-state index >= 15 is 0 Å². The minimum absolute atomic E-state index is 0.316. The largest absolute Gasteiger partial charge is 0.508 e. The van der Waals surface area contributed by atoms with Crippen LogP contribution < -0.4 is 5.32 Å². The van der Waals surface area contributed by atoms with E-state index in [0.717, 1.165) is 29.4 Å². The second-order valence-corrected chi connectivity index (χ2v) is 6.91. The Bertz CT molecular complexity index is 551. The number of nitrogens with one attached hydrogen (secondary N) is 1. The van der Waals surface area contributed by atoms with Gasteiger partial charge in [-0.2, -0.15) is 0 Å². The first kappa shape index (κ1) is 15.8. The van der Waals surface area contributed by atoms with Crippen LogP contribution in [0.25, 0.3) is 0 Å². The molecule has 114 valence electrons. The Hall–Kier alpha value is -1.62. The fourth-order valence-corrected chi connectivity index (χ4v) is 3.14. The van der Waals surface area contributed by atoms with E-state index in [1.165, 1.54) is 5.56 Å². The van der Waals surface area contributed by atoms with E-state index in [2.05, 4.69) is 36.3 Å². The van der Waals surface area contributed by atoms with Gasteiger partial charge in [0.25, 0.3) is 0 Å². The van der Waals surface area contributed by atoms with Crippen molar-refractivity contribution in [2.24, 2.45) is 5.92 Å². The van der Waals surface area contributed by atoms with Crippen LogP contribution in [0.2, 0.25) is 0 Å². The molecule has 2 N–H and O–H groups in total. The van der Waals surface area contributed by atoms with Crippen molar-refractivity contribution in [2.75, 3.05) is 5.32 Å². The number of hydrogen-bond acceptors (Lipinski definition) is 5. The third kappa shape index (κ3) is 5.34. The van der Waals surface area contributed by atoms with Gasteiger partial charge in [-0.05, 0) is 43.4 Å². The van der Waals surface area contributed by atoms with E-state index in [1.807, 2.05) is 12.1 Å². The molecule has 1 atom stereocenters. The lowest BCUT2D eigenvalue weighted by Gasteiger charge is -2.12. The minimum atomic E-state index is 0.316. The molecule has 0 saturated carbocycles. The van der Waals surface area contributed by atoms with E-state index in [0.29, 0.717) is 17.7 Å². The summed E-state index contributed by atoms with van der Waals surface area (Å²) in [5.74, 6) is 0.925. The summed E-state index contributed by atoms with van der Waals surface area (Å²) in [5.41, 5.74) is 1.24. The molecule has 0 spiro atoms. The third-order valence-corrected chi connectivity index (χ3v) is 4.10. The van der Waals surface area contributed by atoms with Gasteiger partial charge in [0, 0.05) is 12.5 Å². The van der Waals surface area contributed by atoms with Gasteiger partial charge in [-0.3, -0.25) is 0 Å². The van der Waals surface area contributed by atoms with Crippen molar-refractivity contribution in [3.8, 4) is 5.75 Å². The number of phenols is 1. The topological polar surface area (TPSA) is 58.0 Å². The van der Waals surface area contributed by atoms with Gasteiger partial charge in [0.05, 0.1) is 0 Å². The molecule has 0 amide bonds. The molecular weight excluding hydrogens is 282 g/mol. The monoisotopic (exact) mass is 305 g/mol. The van der Waals surface area contributed by atoms with Gasteiger partial charge in [0.1, 0.15) is 10.8 Å². The number of aromatic nitrogens is 2. The van der Waals surface area contributed by atoms with Gasteiger partial charge in [0.2, 0.25) is 5.13 Å².